The monoisotopic (exact) mass is 292 g/mol. The molecule has 6 heteroatoms. The van der Waals surface area contributed by atoms with Crippen LogP contribution in [0.2, 0.25) is 5.15 Å². The number of halogens is 3. The molecule has 3 nitrogen and oxygen atoms in total. The molecule has 0 bridgehead atoms. The van der Waals surface area contributed by atoms with Gasteiger partial charge in [-0.2, -0.15) is 0 Å². The van der Waals surface area contributed by atoms with Gasteiger partial charge in [-0.1, -0.05) is 29.8 Å². The van der Waals surface area contributed by atoms with Crippen LogP contribution in [0.4, 0.5) is 8.78 Å². The molecule has 2 aromatic carbocycles. The Bertz CT molecular complexity index is 795. The van der Waals surface area contributed by atoms with Crippen molar-refractivity contribution in [3.05, 3.63) is 59.3 Å². The third-order valence-corrected chi connectivity index (χ3v) is 2.99. The molecular formula is C14H7ClF2N2O. The fraction of sp³-hybridized carbons (Fsp3) is 0. The second-order valence-corrected chi connectivity index (χ2v) is 4.38. The summed E-state index contributed by atoms with van der Waals surface area (Å²) in [6, 6.07) is 10.1. The molecule has 0 atom stereocenters. The van der Waals surface area contributed by atoms with E-state index in [-0.39, 0.29) is 16.8 Å². The van der Waals surface area contributed by atoms with Gasteiger partial charge < -0.3 is 4.74 Å². The lowest BCUT2D eigenvalue weighted by molar-refractivity contribution is 0.423. The Kier molecular flexibility index (Phi) is 3.20. The van der Waals surface area contributed by atoms with Crippen LogP contribution < -0.4 is 4.74 Å². The molecule has 3 rings (SSSR count). The zero-order chi connectivity index (χ0) is 14.1. The summed E-state index contributed by atoms with van der Waals surface area (Å²) in [6.07, 6.45) is 0. The molecular weight excluding hydrogens is 286 g/mol. The van der Waals surface area contributed by atoms with Crippen LogP contribution in [0.1, 0.15) is 0 Å². The van der Waals surface area contributed by atoms with Crippen LogP contribution in [-0.2, 0) is 0 Å². The van der Waals surface area contributed by atoms with Crippen molar-refractivity contribution in [2.75, 3.05) is 0 Å². The van der Waals surface area contributed by atoms with Gasteiger partial charge in [0, 0.05) is 16.8 Å². The van der Waals surface area contributed by atoms with Crippen molar-refractivity contribution in [1.29, 1.82) is 0 Å². The van der Waals surface area contributed by atoms with E-state index in [9.17, 15) is 8.78 Å². The van der Waals surface area contributed by atoms with Gasteiger partial charge in [0.25, 0.3) is 0 Å². The van der Waals surface area contributed by atoms with Gasteiger partial charge in [-0.3, -0.25) is 0 Å². The summed E-state index contributed by atoms with van der Waals surface area (Å²) in [4.78, 5) is 0. The van der Waals surface area contributed by atoms with E-state index in [2.05, 4.69) is 10.2 Å². The minimum Gasteiger partial charge on any atom is -0.434 e. The summed E-state index contributed by atoms with van der Waals surface area (Å²) in [6.45, 7) is 0. The molecule has 0 radical (unpaired) electrons. The van der Waals surface area contributed by atoms with Crippen molar-refractivity contribution in [1.82, 2.24) is 10.2 Å². The number of rotatable bonds is 2. The van der Waals surface area contributed by atoms with Crippen molar-refractivity contribution >= 4 is 22.4 Å². The maximum Gasteiger partial charge on any atom is 0.247 e. The van der Waals surface area contributed by atoms with E-state index >= 15 is 0 Å². The highest BCUT2D eigenvalue weighted by Crippen LogP contribution is 2.31. The lowest BCUT2D eigenvalue weighted by atomic mass is 10.2. The molecule has 1 aromatic heterocycles. The predicted octanol–water partition coefficient (Wildman–Crippen LogP) is 4.35. The number of benzene rings is 2. The summed E-state index contributed by atoms with van der Waals surface area (Å²) in [5.41, 5.74) is 0. The van der Waals surface area contributed by atoms with Gasteiger partial charge in [-0.25, -0.2) is 8.78 Å². The van der Waals surface area contributed by atoms with Gasteiger partial charge in [0.05, 0.1) is 0 Å². The maximum absolute atomic E-state index is 13.6. The molecule has 0 fully saturated rings. The van der Waals surface area contributed by atoms with E-state index in [1.807, 2.05) is 0 Å². The Morgan fingerprint density at radius 2 is 1.70 bits per heavy atom. The largest absolute Gasteiger partial charge is 0.434 e. The van der Waals surface area contributed by atoms with Crippen molar-refractivity contribution < 1.29 is 13.5 Å². The Hall–Kier alpha value is -2.27. The van der Waals surface area contributed by atoms with E-state index in [1.54, 1.807) is 24.3 Å². The number of fused-ring (bicyclic) bond motifs is 1. The number of nitrogens with zero attached hydrogens (tertiary/aromatic N) is 2. The normalized spacial score (nSPS) is 10.8. The van der Waals surface area contributed by atoms with Gasteiger partial charge in [-0.05, 0) is 18.2 Å². The van der Waals surface area contributed by atoms with Crippen LogP contribution >= 0.6 is 11.6 Å². The first kappa shape index (κ1) is 12.7. The predicted molar refractivity (Wildman–Crippen MR) is 71.0 cm³/mol. The second-order valence-electron chi connectivity index (χ2n) is 4.02. The molecule has 100 valence electrons. The molecule has 20 heavy (non-hydrogen) atoms. The summed E-state index contributed by atoms with van der Waals surface area (Å²) in [5.74, 6) is -1.52. The fourth-order valence-corrected chi connectivity index (χ4v) is 1.99. The first-order valence-corrected chi connectivity index (χ1v) is 6.07. The van der Waals surface area contributed by atoms with E-state index in [4.69, 9.17) is 16.3 Å². The van der Waals surface area contributed by atoms with Gasteiger partial charge in [-0.15, -0.1) is 10.2 Å². The molecule has 0 aliphatic rings. The third kappa shape index (κ3) is 2.28. The summed E-state index contributed by atoms with van der Waals surface area (Å²) in [7, 11) is 0. The Labute approximate surface area is 117 Å². The number of ether oxygens (including phenoxy) is 1. The highest BCUT2D eigenvalue weighted by atomic mass is 35.5. The van der Waals surface area contributed by atoms with E-state index in [1.165, 1.54) is 6.07 Å². The zero-order valence-corrected chi connectivity index (χ0v) is 10.7. The molecule has 0 saturated carbocycles. The lowest BCUT2D eigenvalue weighted by Gasteiger charge is -2.08. The second kappa shape index (κ2) is 5.02. The number of hydrogen-bond acceptors (Lipinski definition) is 3. The van der Waals surface area contributed by atoms with Crippen LogP contribution in [0.5, 0.6) is 11.6 Å². The first-order valence-electron chi connectivity index (χ1n) is 5.69. The van der Waals surface area contributed by atoms with E-state index < -0.39 is 11.6 Å². The van der Waals surface area contributed by atoms with Crippen molar-refractivity contribution in [2.45, 2.75) is 0 Å². The average Bonchev–Trinajstić information content (AvgIpc) is 2.45. The molecule has 0 saturated heterocycles. The highest BCUT2D eigenvalue weighted by molar-refractivity contribution is 6.34. The Morgan fingerprint density at radius 3 is 2.45 bits per heavy atom. The number of hydrogen-bond donors (Lipinski definition) is 0. The smallest absolute Gasteiger partial charge is 0.247 e. The van der Waals surface area contributed by atoms with Crippen molar-refractivity contribution in [3.63, 3.8) is 0 Å². The molecule has 1 heterocycles. The van der Waals surface area contributed by atoms with Crippen LogP contribution in [0, 0.1) is 11.6 Å². The van der Waals surface area contributed by atoms with Crippen LogP contribution in [0.3, 0.4) is 0 Å². The van der Waals surface area contributed by atoms with E-state index in [0.29, 0.717) is 10.8 Å². The van der Waals surface area contributed by atoms with Crippen molar-refractivity contribution in [2.24, 2.45) is 0 Å². The van der Waals surface area contributed by atoms with Crippen LogP contribution in [0.15, 0.2) is 42.5 Å². The molecule has 3 aromatic rings. The third-order valence-electron chi connectivity index (χ3n) is 2.71. The summed E-state index contributed by atoms with van der Waals surface area (Å²) < 4.78 is 31.8. The zero-order valence-electron chi connectivity index (χ0n) is 9.98. The number of aromatic nitrogens is 2. The average molecular weight is 293 g/mol. The minimum absolute atomic E-state index is 0.107. The van der Waals surface area contributed by atoms with Gasteiger partial charge in [0.15, 0.2) is 16.7 Å². The Morgan fingerprint density at radius 1 is 0.950 bits per heavy atom. The highest BCUT2D eigenvalue weighted by Gasteiger charge is 2.12. The van der Waals surface area contributed by atoms with Crippen LogP contribution in [-0.4, -0.2) is 10.2 Å². The van der Waals surface area contributed by atoms with Gasteiger partial charge in [0.2, 0.25) is 5.88 Å². The minimum atomic E-state index is -0.814. The van der Waals surface area contributed by atoms with Crippen LogP contribution in [0.25, 0.3) is 10.8 Å². The molecule has 0 unspecified atom stereocenters. The molecule has 0 amide bonds. The molecule has 0 spiro atoms. The molecule has 0 aliphatic heterocycles. The molecule has 0 N–H and O–H groups in total. The lowest BCUT2D eigenvalue weighted by Crippen LogP contribution is -1.95. The molecule has 0 aliphatic carbocycles. The SMILES string of the molecule is Fc1ccc(Oc2nnc(Cl)c3ccccc23)c(F)c1. The Balaban J connectivity index is 2.09. The summed E-state index contributed by atoms with van der Waals surface area (Å²) in [5, 5.41) is 9.01. The fourth-order valence-electron chi connectivity index (χ4n) is 1.78. The van der Waals surface area contributed by atoms with Crippen molar-refractivity contribution in [3.8, 4) is 11.6 Å². The first-order chi connectivity index (χ1) is 9.65. The summed E-state index contributed by atoms with van der Waals surface area (Å²) >= 11 is 5.93. The van der Waals surface area contributed by atoms with Gasteiger partial charge in [0.1, 0.15) is 5.82 Å². The topological polar surface area (TPSA) is 35.0 Å². The quantitative estimate of drug-likeness (QED) is 0.704. The van der Waals surface area contributed by atoms with Gasteiger partial charge >= 0.3 is 0 Å². The standard InChI is InChI=1S/C14H7ClF2N2O/c15-13-9-3-1-2-4-10(9)14(19-18-13)20-12-6-5-8(16)7-11(12)17/h1-7H. The maximum atomic E-state index is 13.6. The van der Waals surface area contributed by atoms with E-state index in [0.717, 1.165) is 12.1 Å².